The van der Waals surface area contributed by atoms with Crippen molar-refractivity contribution in [1.29, 1.82) is 0 Å². The monoisotopic (exact) mass is 421 g/mol. The molecule has 30 heavy (non-hydrogen) atoms. The van der Waals surface area contributed by atoms with Crippen LogP contribution in [0.15, 0.2) is 65.8 Å². The summed E-state index contributed by atoms with van der Waals surface area (Å²) in [5, 5.41) is 14.1. The minimum absolute atomic E-state index is 0.0529. The van der Waals surface area contributed by atoms with Crippen molar-refractivity contribution in [3.8, 4) is 5.69 Å². The fraction of sp³-hybridized carbons (Fsp3) is 0.227. The number of hydrogen-bond acceptors (Lipinski definition) is 5. The molecule has 7 nitrogen and oxygen atoms in total. The molecular formula is C22H23N5O2S. The van der Waals surface area contributed by atoms with Crippen LogP contribution in [0.1, 0.15) is 32.0 Å². The van der Waals surface area contributed by atoms with Crippen LogP contribution in [0.25, 0.3) is 16.5 Å². The number of rotatable bonds is 4. The van der Waals surface area contributed by atoms with Gasteiger partial charge in [0.2, 0.25) is 0 Å². The van der Waals surface area contributed by atoms with Gasteiger partial charge in [-0.1, -0.05) is 45.0 Å². The summed E-state index contributed by atoms with van der Waals surface area (Å²) >= 11 is 0. The third kappa shape index (κ3) is 3.78. The fourth-order valence-corrected chi connectivity index (χ4v) is 4.31. The second-order valence-corrected chi connectivity index (χ2v) is 9.91. The van der Waals surface area contributed by atoms with Crippen molar-refractivity contribution >= 4 is 26.6 Å². The Bertz CT molecular complexity index is 1310. The summed E-state index contributed by atoms with van der Waals surface area (Å²) in [6, 6.07) is 14.3. The number of hydrogen-bond donors (Lipinski definition) is 1. The predicted molar refractivity (Wildman–Crippen MR) is 117 cm³/mol. The van der Waals surface area contributed by atoms with Gasteiger partial charge in [-0.05, 0) is 36.1 Å². The first kappa shape index (κ1) is 20.0. The zero-order valence-electron chi connectivity index (χ0n) is 17.3. The van der Waals surface area contributed by atoms with Crippen LogP contribution in [0.5, 0.6) is 0 Å². The second kappa shape index (κ2) is 7.21. The molecule has 154 valence electrons. The van der Waals surface area contributed by atoms with E-state index in [0.717, 1.165) is 22.0 Å². The van der Waals surface area contributed by atoms with Crippen LogP contribution >= 0.6 is 0 Å². The van der Waals surface area contributed by atoms with Crippen LogP contribution in [0.3, 0.4) is 0 Å². The lowest BCUT2D eigenvalue weighted by Gasteiger charge is -2.19. The molecule has 0 fully saturated rings. The van der Waals surface area contributed by atoms with E-state index in [2.05, 4.69) is 40.8 Å². The largest absolute Gasteiger partial charge is 0.263 e. The Labute approximate surface area is 175 Å². The van der Waals surface area contributed by atoms with Crippen LogP contribution in [0.2, 0.25) is 0 Å². The van der Waals surface area contributed by atoms with Crippen LogP contribution in [0.4, 0.5) is 5.82 Å². The molecule has 0 atom stereocenters. The van der Waals surface area contributed by atoms with Crippen LogP contribution in [0, 0.1) is 6.92 Å². The summed E-state index contributed by atoms with van der Waals surface area (Å²) in [6.07, 6.45) is 3.31. The molecule has 0 saturated heterocycles. The normalized spacial score (nSPS) is 12.3. The minimum atomic E-state index is -3.78. The van der Waals surface area contributed by atoms with Gasteiger partial charge in [-0.15, -0.1) is 0 Å². The van der Waals surface area contributed by atoms with Gasteiger partial charge in [0.15, 0.2) is 0 Å². The molecular weight excluding hydrogens is 398 g/mol. The van der Waals surface area contributed by atoms with Gasteiger partial charge in [-0.2, -0.15) is 15.3 Å². The van der Waals surface area contributed by atoms with E-state index in [-0.39, 0.29) is 10.3 Å². The van der Waals surface area contributed by atoms with E-state index < -0.39 is 10.0 Å². The Balaban J connectivity index is 1.74. The minimum Gasteiger partial charge on any atom is -0.263 e. The number of benzene rings is 2. The van der Waals surface area contributed by atoms with Crippen molar-refractivity contribution in [2.75, 3.05) is 4.72 Å². The molecule has 0 aliphatic heterocycles. The molecule has 2 aromatic heterocycles. The van der Waals surface area contributed by atoms with Gasteiger partial charge in [-0.25, -0.2) is 13.1 Å². The first-order chi connectivity index (χ1) is 14.1. The van der Waals surface area contributed by atoms with E-state index >= 15 is 0 Å². The summed E-state index contributed by atoms with van der Waals surface area (Å²) in [5.74, 6) is 0.358. The lowest BCUT2D eigenvalue weighted by molar-refractivity contribution is 0.587. The molecule has 0 unspecified atom stereocenters. The summed E-state index contributed by atoms with van der Waals surface area (Å²) in [4.78, 5) is 0.199. The molecule has 0 saturated carbocycles. The smallest absolute Gasteiger partial charge is 0.263 e. The number of aromatic nitrogens is 4. The van der Waals surface area contributed by atoms with E-state index in [0.29, 0.717) is 11.5 Å². The van der Waals surface area contributed by atoms with Gasteiger partial charge < -0.3 is 0 Å². The van der Waals surface area contributed by atoms with E-state index in [4.69, 9.17) is 0 Å². The molecule has 0 bridgehead atoms. The Hall–Kier alpha value is -3.26. The summed E-state index contributed by atoms with van der Waals surface area (Å²) in [7, 11) is -3.78. The highest BCUT2D eigenvalue weighted by atomic mass is 32.2. The van der Waals surface area contributed by atoms with Gasteiger partial charge in [0.25, 0.3) is 10.0 Å². The predicted octanol–water partition coefficient (Wildman–Crippen LogP) is 4.22. The molecule has 8 heteroatoms. The van der Waals surface area contributed by atoms with Gasteiger partial charge in [0, 0.05) is 16.8 Å². The SMILES string of the molecule is Cc1cc(NS(=O)(=O)c2ccc(C(C)(C)C)cc2)n(-c2cccc3cnncc23)n1. The highest BCUT2D eigenvalue weighted by Crippen LogP contribution is 2.27. The van der Waals surface area contributed by atoms with Gasteiger partial charge in [0.05, 0.1) is 28.7 Å². The van der Waals surface area contributed by atoms with Crippen molar-refractivity contribution in [3.05, 3.63) is 72.2 Å². The maximum Gasteiger partial charge on any atom is 0.263 e. The first-order valence-corrected chi connectivity index (χ1v) is 11.0. The number of nitrogens with one attached hydrogen (secondary N) is 1. The first-order valence-electron chi connectivity index (χ1n) is 9.55. The van der Waals surface area contributed by atoms with Gasteiger partial charge >= 0.3 is 0 Å². The van der Waals surface area contributed by atoms with Crippen molar-refractivity contribution in [2.45, 2.75) is 38.0 Å². The zero-order valence-corrected chi connectivity index (χ0v) is 18.1. The van der Waals surface area contributed by atoms with E-state index in [1.807, 2.05) is 37.3 Å². The Morgan fingerprint density at radius 2 is 1.67 bits per heavy atom. The summed E-state index contributed by atoms with van der Waals surface area (Å²) in [5.41, 5.74) is 2.42. The second-order valence-electron chi connectivity index (χ2n) is 8.23. The Kier molecular flexibility index (Phi) is 4.82. The number of fused-ring (bicyclic) bond motifs is 1. The number of sulfonamides is 1. The van der Waals surface area contributed by atoms with Crippen LogP contribution in [-0.2, 0) is 15.4 Å². The van der Waals surface area contributed by atoms with E-state index in [1.54, 1.807) is 35.3 Å². The molecule has 0 radical (unpaired) electrons. The average Bonchev–Trinajstić information content (AvgIpc) is 3.06. The topological polar surface area (TPSA) is 89.8 Å². The molecule has 0 aliphatic carbocycles. The summed E-state index contributed by atoms with van der Waals surface area (Å²) < 4.78 is 30.4. The lowest BCUT2D eigenvalue weighted by atomic mass is 9.87. The lowest BCUT2D eigenvalue weighted by Crippen LogP contribution is -2.17. The average molecular weight is 422 g/mol. The highest BCUT2D eigenvalue weighted by Gasteiger charge is 2.20. The zero-order chi connectivity index (χ0) is 21.5. The molecule has 2 aromatic carbocycles. The van der Waals surface area contributed by atoms with Crippen molar-refractivity contribution in [3.63, 3.8) is 0 Å². The number of anilines is 1. The van der Waals surface area contributed by atoms with Crippen molar-refractivity contribution in [1.82, 2.24) is 20.0 Å². The maximum absolute atomic E-state index is 13.0. The van der Waals surface area contributed by atoms with E-state index in [9.17, 15) is 8.42 Å². The van der Waals surface area contributed by atoms with Crippen molar-refractivity contribution in [2.24, 2.45) is 0 Å². The molecule has 0 aliphatic rings. The van der Waals surface area contributed by atoms with Gasteiger partial charge in [0.1, 0.15) is 5.82 Å². The fourth-order valence-electron chi connectivity index (χ4n) is 3.28. The Morgan fingerprint density at radius 1 is 0.967 bits per heavy atom. The molecule has 4 rings (SSSR count). The standard InChI is InChI=1S/C22H23N5O2S/c1-15-12-21(26-30(28,29)18-10-8-17(9-11-18)22(2,3)4)27(25-15)20-7-5-6-16-13-23-24-14-19(16)20/h5-14,26H,1-4H3. The van der Waals surface area contributed by atoms with Crippen LogP contribution < -0.4 is 4.72 Å². The van der Waals surface area contributed by atoms with Gasteiger partial charge in [-0.3, -0.25) is 4.72 Å². The molecule has 2 heterocycles. The quantitative estimate of drug-likeness (QED) is 0.533. The maximum atomic E-state index is 13.0. The Morgan fingerprint density at radius 3 is 2.37 bits per heavy atom. The highest BCUT2D eigenvalue weighted by molar-refractivity contribution is 7.92. The van der Waals surface area contributed by atoms with Crippen molar-refractivity contribution < 1.29 is 8.42 Å². The number of aryl methyl sites for hydroxylation is 1. The third-order valence-corrected chi connectivity index (χ3v) is 6.27. The number of nitrogens with zero attached hydrogens (tertiary/aromatic N) is 4. The molecule has 4 aromatic rings. The van der Waals surface area contributed by atoms with Crippen LogP contribution in [-0.4, -0.2) is 28.4 Å². The summed E-state index contributed by atoms with van der Waals surface area (Å²) in [6.45, 7) is 8.08. The molecule has 0 spiro atoms. The van der Waals surface area contributed by atoms with E-state index in [1.165, 1.54) is 0 Å². The third-order valence-electron chi connectivity index (χ3n) is 4.90. The molecule has 0 amide bonds. The molecule has 1 N–H and O–H groups in total.